The quantitative estimate of drug-likeness (QED) is 0.727. The first-order valence-electron chi connectivity index (χ1n) is 7.73. The maximum absolute atomic E-state index is 12.4. The number of anilines is 3. The minimum absolute atomic E-state index is 0.208. The lowest BCUT2D eigenvalue weighted by molar-refractivity contribution is 0.102. The fourth-order valence-corrected chi connectivity index (χ4v) is 2.62. The Hall–Kier alpha value is -3.32. The molecule has 0 atom stereocenters. The number of rotatable bonds is 4. The second-order valence-corrected chi connectivity index (χ2v) is 5.88. The van der Waals surface area contributed by atoms with E-state index in [1.165, 1.54) is 6.33 Å². The summed E-state index contributed by atoms with van der Waals surface area (Å²) in [6, 6.07) is 13.9. The third-order valence-corrected chi connectivity index (χ3v) is 3.86. The first-order chi connectivity index (χ1) is 12.7. The molecule has 3 aromatic rings. The van der Waals surface area contributed by atoms with Crippen molar-refractivity contribution in [3.05, 3.63) is 65.6 Å². The molecule has 0 saturated heterocycles. The molecule has 0 aliphatic carbocycles. The number of benzene rings is 2. The van der Waals surface area contributed by atoms with Crippen molar-refractivity contribution in [2.45, 2.75) is 0 Å². The average molecular weight is 369 g/mol. The smallest absolute Gasteiger partial charge is 0.274 e. The van der Waals surface area contributed by atoms with Crippen molar-refractivity contribution in [1.82, 2.24) is 9.97 Å². The van der Waals surface area contributed by atoms with Crippen LogP contribution in [0.25, 0.3) is 0 Å². The van der Waals surface area contributed by atoms with E-state index in [2.05, 4.69) is 20.6 Å². The molecule has 130 valence electrons. The maximum Gasteiger partial charge on any atom is 0.274 e. The minimum Gasteiger partial charge on any atom is -0.454 e. The molecule has 1 amide bonds. The van der Waals surface area contributed by atoms with E-state index in [1.807, 2.05) is 6.07 Å². The number of aromatic nitrogens is 2. The molecule has 2 heterocycles. The Morgan fingerprint density at radius 1 is 1.00 bits per heavy atom. The molecule has 0 bridgehead atoms. The highest BCUT2D eigenvalue weighted by molar-refractivity contribution is 6.30. The van der Waals surface area contributed by atoms with Gasteiger partial charge >= 0.3 is 0 Å². The molecule has 0 radical (unpaired) electrons. The van der Waals surface area contributed by atoms with E-state index in [-0.39, 0.29) is 18.4 Å². The van der Waals surface area contributed by atoms with Crippen LogP contribution in [-0.2, 0) is 0 Å². The fraction of sp³-hybridized carbons (Fsp3) is 0.0556. The predicted molar refractivity (Wildman–Crippen MR) is 97.3 cm³/mol. The molecule has 4 rings (SSSR count). The summed E-state index contributed by atoms with van der Waals surface area (Å²) < 4.78 is 10.6. The second-order valence-electron chi connectivity index (χ2n) is 5.45. The summed E-state index contributed by atoms with van der Waals surface area (Å²) in [6.07, 6.45) is 1.32. The van der Waals surface area contributed by atoms with Gasteiger partial charge in [0.25, 0.3) is 5.91 Å². The molecule has 0 saturated carbocycles. The summed E-state index contributed by atoms with van der Waals surface area (Å²) in [5.41, 5.74) is 1.57. The van der Waals surface area contributed by atoms with Gasteiger partial charge < -0.3 is 20.1 Å². The van der Waals surface area contributed by atoms with Crippen molar-refractivity contribution in [2.75, 3.05) is 17.4 Å². The molecular formula is C18H13ClN4O3. The number of amides is 1. The van der Waals surface area contributed by atoms with E-state index in [0.717, 1.165) is 5.69 Å². The van der Waals surface area contributed by atoms with Crippen molar-refractivity contribution in [3.8, 4) is 11.5 Å². The van der Waals surface area contributed by atoms with Gasteiger partial charge in [-0.05, 0) is 30.3 Å². The Balaban J connectivity index is 1.50. The zero-order valence-electron chi connectivity index (χ0n) is 13.4. The van der Waals surface area contributed by atoms with E-state index in [1.54, 1.807) is 42.5 Å². The molecule has 7 nitrogen and oxygen atoms in total. The molecule has 26 heavy (non-hydrogen) atoms. The standard InChI is InChI=1S/C18H13ClN4O3/c19-11-2-1-3-12(6-11)23-18(24)14-8-17(21-9-20-14)22-13-4-5-15-16(7-13)26-10-25-15/h1-9H,10H2,(H,23,24)(H,20,21,22). The van der Waals surface area contributed by atoms with E-state index < -0.39 is 0 Å². The molecule has 1 aliphatic rings. The number of fused-ring (bicyclic) bond motifs is 1. The van der Waals surface area contributed by atoms with Crippen molar-refractivity contribution in [2.24, 2.45) is 0 Å². The Bertz CT molecular complexity index is 980. The molecule has 1 aliphatic heterocycles. The highest BCUT2D eigenvalue weighted by Gasteiger charge is 2.14. The van der Waals surface area contributed by atoms with Crippen molar-refractivity contribution in [3.63, 3.8) is 0 Å². The lowest BCUT2D eigenvalue weighted by Crippen LogP contribution is -2.14. The molecule has 2 N–H and O–H groups in total. The zero-order valence-corrected chi connectivity index (χ0v) is 14.2. The fourth-order valence-electron chi connectivity index (χ4n) is 2.43. The summed E-state index contributed by atoms with van der Waals surface area (Å²) in [4.78, 5) is 20.5. The summed E-state index contributed by atoms with van der Waals surface area (Å²) >= 11 is 5.92. The molecule has 0 unspecified atom stereocenters. The number of hydrogen-bond acceptors (Lipinski definition) is 6. The van der Waals surface area contributed by atoms with Gasteiger partial charge in [0.15, 0.2) is 11.5 Å². The van der Waals surface area contributed by atoms with E-state index in [0.29, 0.717) is 28.0 Å². The third kappa shape index (κ3) is 3.52. The zero-order chi connectivity index (χ0) is 17.9. The van der Waals surface area contributed by atoms with Crippen LogP contribution >= 0.6 is 11.6 Å². The molecule has 2 aromatic carbocycles. The van der Waals surface area contributed by atoms with Gasteiger partial charge in [0.05, 0.1) is 0 Å². The van der Waals surface area contributed by atoms with E-state index in [9.17, 15) is 4.79 Å². The third-order valence-electron chi connectivity index (χ3n) is 3.63. The lowest BCUT2D eigenvalue weighted by Gasteiger charge is -2.08. The Labute approximate surface area is 154 Å². The van der Waals surface area contributed by atoms with Crippen LogP contribution in [0.5, 0.6) is 11.5 Å². The highest BCUT2D eigenvalue weighted by atomic mass is 35.5. The number of ether oxygens (including phenoxy) is 2. The predicted octanol–water partition coefficient (Wildman–Crippen LogP) is 3.85. The van der Waals surface area contributed by atoms with Crippen LogP contribution in [0.4, 0.5) is 17.2 Å². The number of nitrogens with zero attached hydrogens (tertiary/aromatic N) is 2. The lowest BCUT2D eigenvalue weighted by atomic mass is 10.2. The van der Waals surface area contributed by atoms with Crippen LogP contribution in [0.1, 0.15) is 10.5 Å². The molecule has 0 spiro atoms. The van der Waals surface area contributed by atoms with Gasteiger partial charge in [0, 0.05) is 28.5 Å². The summed E-state index contributed by atoms with van der Waals surface area (Å²) in [7, 11) is 0. The van der Waals surface area contributed by atoms with Crippen LogP contribution in [0.15, 0.2) is 54.9 Å². The van der Waals surface area contributed by atoms with Gasteiger partial charge in [-0.1, -0.05) is 17.7 Å². The van der Waals surface area contributed by atoms with Gasteiger partial charge in [0.1, 0.15) is 17.8 Å². The van der Waals surface area contributed by atoms with Gasteiger partial charge in [-0.25, -0.2) is 9.97 Å². The number of halogens is 1. The molecule has 1 aromatic heterocycles. The average Bonchev–Trinajstić information content (AvgIpc) is 3.10. The summed E-state index contributed by atoms with van der Waals surface area (Å²) in [5.74, 6) is 1.47. The van der Waals surface area contributed by atoms with Crippen molar-refractivity contribution < 1.29 is 14.3 Å². The van der Waals surface area contributed by atoms with Crippen LogP contribution < -0.4 is 20.1 Å². The van der Waals surface area contributed by atoms with Crippen LogP contribution in [0.3, 0.4) is 0 Å². The van der Waals surface area contributed by atoms with Gasteiger partial charge in [0.2, 0.25) is 6.79 Å². The van der Waals surface area contributed by atoms with Crippen LogP contribution in [0.2, 0.25) is 5.02 Å². The van der Waals surface area contributed by atoms with E-state index in [4.69, 9.17) is 21.1 Å². The number of carbonyl (C=O) groups is 1. The normalized spacial score (nSPS) is 11.9. The Kier molecular flexibility index (Phi) is 4.28. The van der Waals surface area contributed by atoms with E-state index >= 15 is 0 Å². The van der Waals surface area contributed by atoms with Gasteiger partial charge in [-0.2, -0.15) is 0 Å². The van der Waals surface area contributed by atoms with Gasteiger partial charge in [-0.15, -0.1) is 0 Å². The van der Waals surface area contributed by atoms with Crippen LogP contribution in [-0.4, -0.2) is 22.7 Å². The molecular weight excluding hydrogens is 356 g/mol. The first kappa shape index (κ1) is 16.2. The van der Waals surface area contributed by atoms with Crippen molar-refractivity contribution >= 4 is 34.7 Å². The first-order valence-corrected chi connectivity index (χ1v) is 8.11. The topological polar surface area (TPSA) is 85.4 Å². The summed E-state index contributed by atoms with van der Waals surface area (Å²) in [6.45, 7) is 0.208. The van der Waals surface area contributed by atoms with Crippen LogP contribution in [0, 0.1) is 0 Å². The highest BCUT2D eigenvalue weighted by Crippen LogP contribution is 2.34. The monoisotopic (exact) mass is 368 g/mol. The second kappa shape index (κ2) is 6.89. The Morgan fingerprint density at radius 2 is 1.88 bits per heavy atom. The largest absolute Gasteiger partial charge is 0.454 e. The minimum atomic E-state index is -0.358. The maximum atomic E-state index is 12.4. The number of nitrogens with one attached hydrogen (secondary N) is 2. The number of hydrogen-bond donors (Lipinski definition) is 2. The molecule has 8 heteroatoms. The molecule has 0 fully saturated rings. The Morgan fingerprint density at radius 3 is 2.77 bits per heavy atom. The van der Waals surface area contributed by atoms with Crippen molar-refractivity contribution in [1.29, 1.82) is 0 Å². The SMILES string of the molecule is O=C(Nc1cccc(Cl)c1)c1cc(Nc2ccc3c(c2)OCO3)ncn1. The summed E-state index contributed by atoms with van der Waals surface area (Å²) in [5, 5.41) is 6.40. The van der Waals surface area contributed by atoms with Gasteiger partial charge in [-0.3, -0.25) is 4.79 Å². The number of carbonyl (C=O) groups excluding carboxylic acids is 1.